The van der Waals surface area contributed by atoms with Gasteiger partial charge in [0.05, 0.1) is 11.3 Å². The molecule has 6 heteroatoms. The van der Waals surface area contributed by atoms with Crippen LogP contribution in [0.4, 0.5) is 11.5 Å². The molecule has 0 atom stereocenters. The smallest absolute Gasteiger partial charge is 0.274 e. The summed E-state index contributed by atoms with van der Waals surface area (Å²) in [5.74, 6) is 0.347. The molecular weight excluding hydrogens is 278 g/mol. The summed E-state index contributed by atoms with van der Waals surface area (Å²) in [7, 11) is 0. The summed E-state index contributed by atoms with van der Waals surface area (Å²) in [6, 6.07) is 12.5. The number of nitrogens with zero attached hydrogens (tertiary/aromatic N) is 4. The quantitative estimate of drug-likeness (QED) is 0.916. The van der Waals surface area contributed by atoms with Gasteiger partial charge < -0.3 is 10.2 Å². The molecule has 0 aliphatic heterocycles. The van der Waals surface area contributed by atoms with Gasteiger partial charge in [-0.3, -0.25) is 4.79 Å². The molecule has 0 saturated heterocycles. The Balaban J connectivity index is 2.16. The number of anilines is 2. The van der Waals surface area contributed by atoms with Crippen LogP contribution in [0.25, 0.3) is 0 Å². The lowest BCUT2D eigenvalue weighted by atomic mass is 10.2. The van der Waals surface area contributed by atoms with Crippen LogP contribution >= 0.6 is 0 Å². The Bertz CT molecular complexity index is 686. The van der Waals surface area contributed by atoms with Crippen molar-refractivity contribution in [2.24, 2.45) is 0 Å². The van der Waals surface area contributed by atoms with Crippen molar-refractivity contribution in [1.82, 2.24) is 15.1 Å². The number of nitriles is 1. The van der Waals surface area contributed by atoms with Gasteiger partial charge in [-0.25, -0.2) is 0 Å². The average molecular weight is 295 g/mol. The molecule has 1 heterocycles. The summed E-state index contributed by atoms with van der Waals surface area (Å²) in [4.78, 5) is 13.8. The van der Waals surface area contributed by atoms with Gasteiger partial charge in [0.25, 0.3) is 5.91 Å². The first kappa shape index (κ1) is 15.4. The molecule has 2 aromatic rings. The van der Waals surface area contributed by atoms with Crippen LogP contribution in [0.15, 0.2) is 36.4 Å². The lowest BCUT2D eigenvalue weighted by Crippen LogP contribution is -2.31. The molecule has 1 N–H and O–H groups in total. The minimum absolute atomic E-state index is 0.138. The summed E-state index contributed by atoms with van der Waals surface area (Å²) in [6.45, 7) is 5.10. The van der Waals surface area contributed by atoms with E-state index < -0.39 is 0 Å². The molecule has 0 saturated carbocycles. The fourth-order valence-electron chi connectivity index (χ4n) is 2.01. The van der Waals surface area contributed by atoms with Gasteiger partial charge in [0.1, 0.15) is 6.07 Å². The van der Waals surface area contributed by atoms with Crippen molar-refractivity contribution < 1.29 is 4.79 Å². The number of rotatable bonds is 5. The van der Waals surface area contributed by atoms with E-state index in [0.29, 0.717) is 35.9 Å². The first-order valence-corrected chi connectivity index (χ1v) is 7.08. The van der Waals surface area contributed by atoms with E-state index in [0.717, 1.165) is 0 Å². The third-order valence-corrected chi connectivity index (χ3v) is 3.24. The molecule has 0 unspecified atom stereocenters. The number of para-hydroxylation sites is 1. The van der Waals surface area contributed by atoms with Crippen LogP contribution in [0, 0.1) is 11.3 Å². The van der Waals surface area contributed by atoms with Gasteiger partial charge in [-0.1, -0.05) is 12.1 Å². The summed E-state index contributed by atoms with van der Waals surface area (Å²) in [6.07, 6.45) is 0. The number of aromatic nitrogens is 2. The van der Waals surface area contributed by atoms with Crippen LogP contribution in [0.3, 0.4) is 0 Å². The fourth-order valence-corrected chi connectivity index (χ4v) is 2.01. The van der Waals surface area contributed by atoms with Crippen molar-refractivity contribution in [2.75, 3.05) is 18.4 Å². The van der Waals surface area contributed by atoms with Crippen molar-refractivity contribution in [1.29, 1.82) is 5.26 Å². The molecular formula is C16H17N5O. The largest absolute Gasteiger partial charge is 0.338 e. The van der Waals surface area contributed by atoms with Gasteiger partial charge in [-0.15, -0.1) is 10.2 Å². The second kappa shape index (κ2) is 7.18. The highest BCUT2D eigenvalue weighted by atomic mass is 16.2. The van der Waals surface area contributed by atoms with Gasteiger partial charge in [0.2, 0.25) is 0 Å². The number of hydrogen-bond donors (Lipinski definition) is 1. The summed E-state index contributed by atoms with van der Waals surface area (Å²) in [5, 5.41) is 20.0. The van der Waals surface area contributed by atoms with Crippen molar-refractivity contribution >= 4 is 17.4 Å². The van der Waals surface area contributed by atoms with E-state index in [9.17, 15) is 4.79 Å². The maximum atomic E-state index is 12.1. The van der Waals surface area contributed by atoms with Gasteiger partial charge in [0, 0.05) is 13.1 Å². The second-order valence-corrected chi connectivity index (χ2v) is 4.56. The van der Waals surface area contributed by atoms with Gasteiger partial charge in [-0.2, -0.15) is 5.26 Å². The van der Waals surface area contributed by atoms with Gasteiger partial charge in [0.15, 0.2) is 11.5 Å². The molecule has 0 fully saturated rings. The minimum Gasteiger partial charge on any atom is -0.338 e. The normalized spacial score (nSPS) is 9.86. The molecule has 6 nitrogen and oxygen atoms in total. The highest BCUT2D eigenvalue weighted by Gasteiger charge is 2.14. The summed E-state index contributed by atoms with van der Waals surface area (Å²) >= 11 is 0. The zero-order chi connectivity index (χ0) is 15.9. The van der Waals surface area contributed by atoms with Gasteiger partial charge in [-0.05, 0) is 38.1 Å². The molecule has 0 aliphatic carbocycles. The predicted molar refractivity (Wildman–Crippen MR) is 83.7 cm³/mol. The van der Waals surface area contributed by atoms with Crippen LogP contribution in [-0.4, -0.2) is 34.1 Å². The Morgan fingerprint density at radius 1 is 1.18 bits per heavy atom. The average Bonchev–Trinajstić information content (AvgIpc) is 2.57. The number of hydrogen-bond acceptors (Lipinski definition) is 5. The van der Waals surface area contributed by atoms with Crippen molar-refractivity contribution in [3.05, 3.63) is 47.7 Å². The zero-order valence-electron chi connectivity index (χ0n) is 12.6. The van der Waals surface area contributed by atoms with Crippen molar-refractivity contribution in [3.63, 3.8) is 0 Å². The molecule has 0 radical (unpaired) electrons. The van der Waals surface area contributed by atoms with Crippen LogP contribution in [0.5, 0.6) is 0 Å². The molecule has 22 heavy (non-hydrogen) atoms. The van der Waals surface area contributed by atoms with E-state index in [2.05, 4.69) is 21.6 Å². The van der Waals surface area contributed by atoms with Crippen LogP contribution in [0.2, 0.25) is 0 Å². The van der Waals surface area contributed by atoms with E-state index >= 15 is 0 Å². The highest BCUT2D eigenvalue weighted by Crippen LogP contribution is 2.18. The number of carbonyl (C=O) groups is 1. The van der Waals surface area contributed by atoms with E-state index in [1.807, 2.05) is 19.9 Å². The van der Waals surface area contributed by atoms with E-state index in [4.69, 9.17) is 5.26 Å². The minimum atomic E-state index is -0.138. The number of carbonyl (C=O) groups excluding carboxylic acids is 1. The standard InChI is InChI=1S/C16H17N5O/c1-3-21(4-2)16(22)14-9-10-15(20-19-14)18-13-8-6-5-7-12(13)11-17/h5-10H,3-4H2,1-2H3,(H,18,20). The second-order valence-electron chi connectivity index (χ2n) is 4.56. The Kier molecular flexibility index (Phi) is 5.04. The van der Waals surface area contributed by atoms with Crippen LogP contribution in [-0.2, 0) is 0 Å². The first-order valence-electron chi connectivity index (χ1n) is 7.08. The molecule has 1 aromatic heterocycles. The highest BCUT2D eigenvalue weighted by molar-refractivity contribution is 5.92. The molecule has 1 amide bonds. The Morgan fingerprint density at radius 3 is 2.50 bits per heavy atom. The van der Waals surface area contributed by atoms with E-state index in [1.54, 1.807) is 35.2 Å². The summed E-state index contributed by atoms with van der Waals surface area (Å²) < 4.78 is 0. The molecule has 0 aliphatic rings. The number of nitrogens with one attached hydrogen (secondary N) is 1. The van der Waals surface area contributed by atoms with E-state index in [-0.39, 0.29) is 5.91 Å². The Hall–Kier alpha value is -2.94. The molecule has 0 bridgehead atoms. The third-order valence-electron chi connectivity index (χ3n) is 3.24. The predicted octanol–water partition coefficient (Wildman–Crippen LogP) is 2.57. The zero-order valence-corrected chi connectivity index (χ0v) is 12.6. The van der Waals surface area contributed by atoms with Crippen LogP contribution < -0.4 is 5.32 Å². The Labute approximate surface area is 129 Å². The first-order chi connectivity index (χ1) is 10.7. The fraction of sp³-hybridized carbons (Fsp3) is 0.250. The maximum absolute atomic E-state index is 12.1. The van der Waals surface area contributed by atoms with Gasteiger partial charge >= 0.3 is 0 Å². The number of amides is 1. The molecule has 1 aromatic carbocycles. The SMILES string of the molecule is CCN(CC)C(=O)c1ccc(Nc2ccccc2C#N)nn1. The van der Waals surface area contributed by atoms with Crippen molar-refractivity contribution in [2.45, 2.75) is 13.8 Å². The maximum Gasteiger partial charge on any atom is 0.274 e. The molecule has 112 valence electrons. The lowest BCUT2D eigenvalue weighted by Gasteiger charge is -2.17. The van der Waals surface area contributed by atoms with E-state index in [1.165, 1.54) is 0 Å². The molecule has 2 rings (SSSR count). The van der Waals surface area contributed by atoms with Crippen LogP contribution in [0.1, 0.15) is 29.9 Å². The Morgan fingerprint density at radius 2 is 1.91 bits per heavy atom. The third kappa shape index (κ3) is 3.38. The monoisotopic (exact) mass is 295 g/mol. The lowest BCUT2D eigenvalue weighted by molar-refractivity contribution is 0.0766. The summed E-state index contributed by atoms with van der Waals surface area (Å²) in [5.41, 5.74) is 1.48. The molecule has 0 spiro atoms. The topological polar surface area (TPSA) is 81.9 Å². The number of benzene rings is 1. The van der Waals surface area contributed by atoms with Crippen molar-refractivity contribution in [3.8, 4) is 6.07 Å².